The van der Waals surface area contributed by atoms with Crippen LogP contribution < -0.4 is 11.1 Å². The molecule has 0 heterocycles. The lowest BCUT2D eigenvalue weighted by molar-refractivity contribution is -0.126. The molecular formula is C9H20N2O2. The Morgan fingerprint density at radius 2 is 2.31 bits per heavy atom. The van der Waals surface area contributed by atoms with Crippen LogP contribution in [0.15, 0.2) is 0 Å². The molecule has 1 atom stereocenters. The zero-order valence-electron chi connectivity index (χ0n) is 8.51. The van der Waals surface area contributed by atoms with Gasteiger partial charge in [-0.25, -0.2) is 0 Å². The maximum Gasteiger partial charge on any atom is 0.246 e. The minimum atomic E-state index is -0.0607. The molecule has 0 saturated heterocycles. The van der Waals surface area contributed by atoms with Crippen LogP contribution in [-0.2, 0) is 9.53 Å². The van der Waals surface area contributed by atoms with Crippen molar-refractivity contribution in [1.29, 1.82) is 0 Å². The first-order valence-corrected chi connectivity index (χ1v) is 4.77. The molecule has 0 radical (unpaired) electrons. The van der Waals surface area contributed by atoms with Gasteiger partial charge < -0.3 is 15.8 Å². The van der Waals surface area contributed by atoms with Crippen LogP contribution in [0.5, 0.6) is 0 Å². The smallest absolute Gasteiger partial charge is 0.246 e. The van der Waals surface area contributed by atoms with Gasteiger partial charge in [-0.3, -0.25) is 4.79 Å². The Morgan fingerprint density at radius 1 is 1.62 bits per heavy atom. The van der Waals surface area contributed by atoms with Gasteiger partial charge >= 0.3 is 0 Å². The Labute approximate surface area is 79.8 Å². The van der Waals surface area contributed by atoms with Gasteiger partial charge in [-0.15, -0.1) is 0 Å². The van der Waals surface area contributed by atoms with E-state index in [9.17, 15) is 4.79 Å². The lowest BCUT2D eigenvalue weighted by Gasteiger charge is -2.12. The second-order valence-corrected chi connectivity index (χ2v) is 3.10. The van der Waals surface area contributed by atoms with E-state index >= 15 is 0 Å². The van der Waals surface area contributed by atoms with Crippen LogP contribution in [0.3, 0.4) is 0 Å². The van der Waals surface area contributed by atoms with Crippen molar-refractivity contribution >= 4 is 5.91 Å². The molecule has 13 heavy (non-hydrogen) atoms. The highest BCUT2D eigenvalue weighted by Gasteiger charge is 2.05. The largest absolute Gasteiger partial charge is 0.372 e. The summed E-state index contributed by atoms with van der Waals surface area (Å²) in [5.41, 5.74) is 5.34. The molecule has 4 nitrogen and oxygen atoms in total. The molecule has 4 heteroatoms. The SMILES string of the molecule is CCCOCC(=O)NC(C)CCN. The third kappa shape index (κ3) is 7.74. The normalized spacial score (nSPS) is 12.5. The first kappa shape index (κ1) is 12.4. The lowest BCUT2D eigenvalue weighted by Crippen LogP contribution is -2.36. The van der Waals surface area contributed by atoms with Gasteiger partial charge in [-0.2, -0.15) is 0 Å². The minimum absolute atomic E-state index is 0.0607. The van der Waals surface area contributed by atoms with Crippen LogP contribution in [0.4, 0.5) is 0 Å². The Kier molecular flexibility index (Phi) is 7.63. The minimum Gasteiger partial charge on any atom is -0.372 e. The molecular weight excluding hydrogens is 168 g/mol. The fraction of sp³-hybridized carbons (Fsp3) is 0.889. The quantitative estimate of drug-likeness (QED) is 0.563. The summed E-state index contributed by atoms with van der Waals surface area (Å²) >= 11 is 0. The highest BCUT2D eigenvalue weighted by molar-refractivity contribution is 5.77. The topological polar surface area (TPSA) is 64.3 Å². The van der Waals surface area contributed by atoms with Crippen LogP contribution in [-0.4, -0.2) is 31.7 Å². The molecule has 0 spiro atoms. The summed E-state index contributed by atoms with van der Waals surface area (Å²) in [6.45, 7) is 5.33. The highest BCUT2D eigenvalue weighted by Crippen LogP contribution is 1.88. The van der Waals surface area contributed by atoms with Gasteiger partial charge in [0.2, 0.25) is 5.91 Å². The molecule has 0 bridgehead atoms. The van der Waals surface area contributed by atoms with Crippen LogP contribution >= 0.6 is 0 Å². The average molecular weight is 188 g/mol. The van der Waals surface area contributed by atoms with E-state index in [0.717, 1.165) is 12.8 Å². The van der Waals surface area contributed by atoms with Crippen molar-refractivity contribution in [1.82, 2.24) is 5.32 Å². The average Bonchev–Trinajstić information content (AvgIpc) is 2.05. The van der Waals surface area contributed by atoms with E-state index in [2.05, 4.69) is 5.32 Å². The number of hydrogen-bond donors (Lipinski definition) is 2. The Balaban J connectivity index is 3.38. The Hall–Kier alpha value is -0.610. The lowest BCUT2D eigenvalue weighted by atomic mass is 10.2. The van der Waals surface area contributed by atoms with Crippen LogP contribution in [0.1, 0.15) is 26.7 Å². The molecule has 1 amide bonds. The van der Waals surface area contributed by atoms with E-state index in [-0.39, 0.29) is 18.6 Å². The van der Waals surface area contributed by atoms with Crippen LogP contribution in [0, 0.1) is 0 Å². The fourth-order valence-corrected chi connectivity index (χ4v) is 0.948. The van der Waals surface area contributed by atoms with E-state index in [1.807, 2.05) is 13.8 Å². The van der Waals surface area contributed by atoms with E-state index in [1.165, 1.54) is 0 Å². The first-order valence-electron chi connectivity index (χ1n) is 4.77. The zero-order valence-corrected chi connectivity index (χ0v) is 8.51. The number of nitrogens with one attached hydrogen (secondary N) is 1. The summed E-state index contributed by atoms with van der Waals surface area (Å²) in [6, 6.07) is 0.141. The van der Waals surface area contributed by atoms with Crippen LogP contribution in [0.25, 0.3) is 0 Å². The van der Waals surface area contributed by atoms with Crippen molar-refractivity contribution in [2.45, 2.75) is 32.7 Å². The molecule has 0 fully saturated rings. The third-order valence-corrected chi connectivity index (χ3v) is 1.59. The van der Waals surface area contributed by atoms with E-state index in [0.29, 0.717) is 13.2 Å². The standard InChI is InChI=1S/C9H20N2O2/c1-3-6-13-7-9(12)11-8(2)4-5-10/h8H,3-7,10H2,1-2H3,(H,11,12). The van der Waals surface area contributed by atoms with Crippen molar-refractivity contribution in [2.24, 2.45) is 5.73 Å². The monoisotopic (exact) mass is 188 g/mol. The summed E-state index contributed by atoms with van der Waals surface area (Å²) in [4.78, 5) is 11.1. The van der Waals surface area contributed by atoms with Crippen molar-refractivity contribution in [3.8, 4) is 0 Å². The van der Waals surface area contributed by atoms with Gasteiger partial charge in [0, 0.05) is 12.6 Å². The highest BCUT2D eigenvalue weighted by atomic mass is 16.5. The maximum absolute atomic E-state index is 11.1. The van der Waals surface area contributed by atoms with Gasteiger partial charge in [0.15, 0.2) is 0 Å². The number of nitrogens with two attached hydrogens (primary N) is 1. The van der Waals surface area contributed by atoms with Crippen molar-refractivity contribution < 1.29 is 9.53 Å². The third-order valence-electron chi connectivity index (χ3n) is 1.59. The number of hydrogen-bond acceptors (Lipinski definition) is 3. The van der Waals surface area contributed by atoms with Gasteiger partial charge in [0.25, 0.3) is 0 Å². The van der Waals surface area contributed by atoms with Gasteiger partial charge in [-0.1, -0.05) is 6.92 Å². The van der Waals surface area contributed by atoms with Crippen molar-refractivity contribution in [2.75, 3.05) is 19.8 Å². The maximum atomic E-state index is 11.1. The van der Waals surface area contributed by atoms with Crippen molar-refractivity contribution in [3.05, 3.63) is 0 Å². The summed E-state index contributed by atoms with van der Waals surface area (Å²) < 4.78 is 5.08. The number of carbonyl (C=O) groups is 1. The Morgan fingerprint density at radius 3 is 2.85 bits per heavy atom. The van der Waals surface area contributed by atoms with Gasteiger partial charge in [-0.05, 0) is 26.3 Å². The first-order chi connectivity index (χ1) is 6.20. The Bertz CT molecular complexity index is 140. The van der Waals surface area contributed by atoms with E-state index in [1.54, 1.807) is 0 Å². The second kappa shape index (κ2) is 8.01. The summed E-state index contributed by atoms with van der Waals surface area (Å²) in [5.74, 6) is -0.0607. The number of rotatable bonds is 7. The second-order valence-electron chi connectivity index (χ2n) is 3.10. The fourth-order valence-electron chi connectivity index (χ4n) is 0.948. The summed E-state index contributed by atoms with van der Waals surface area (Å²) in [6.07, 6.45) is 1.74. The number of amides is 1. The number of carbonyl (C=O) groups excluding carboxylic acids is 1. The molecule has 0 aromatic rings. The summed E-state index contributed by atoms with van der Waals surface area (Å²) in [7, 11) is 0. The van der Waals surface area contributed by atoms with E-state index < -0.39 is 0 Å². The molecule has 0 saturated carbocycles. The van der Waals surface area contributed by atoms with Crippen molar-refractivity contribution in [3.63, 3.8) is 0 Å². The molecule has 3 N–H and O–H groups in total. The summed E-state index contributed by atoms with van der Waals surface area (Å²) in [5, 5.41) is 2.80. The molecule has 0 rings (SSSR count). The van der Waals surface area contributed by atoms with Gasteiger partial charge in [0.1, 0.15) is 6.61 Å². The predicted octanol–water partition coefficient (Wildman–Crippen LogP) is 0.267. The van der Waals surface area contributed by atoms with E-state index in [4.69, 9.17) is 10.5 Å². The molecule has 78 valence electrons. The molecule has 0 aliphatic carbocycles. The number of ether oxygens (including phenoxy) is 1. The molecule has 0 aliphatic heterocycles. The molecule has 0 aromatic heterocycles. The van der Waals surface area contributed by atoms with Crippen LogP contribution in [0.2, 0.25) is 0 Å². The molecule has 0 aromatic carbocycles. The zero-order chi connectivity index (χ0) is 10.1. The van der Waals surface area contributed by atoms with Gasteiger partial charge in [0.05, 0.1) is 0 Å². The molecule has 1 unspecified atom stereocenters. The predicted molar refractivity (Wildman–Crippen MR) is 52.4 cm³/mol. The molecule has 0 aliphatic rings.